The van der Waals surface area contributed by atoms with E-state index in [-0.39, 0.29) is 18.2 Å². The van der Waals surface area contributed by atoms with Gasteiger partial charge in [0.15, 0.2) is 0 Å². The number of rotatable bonds is 2. The van der Waals surface area contributed by atoms with Crippen LogP contribution in [0, 0.1) is 0 Å². The van der Waals surface area contributed by atoms with Crippen LogP contribution in [-0.2, 0) is 9.53 Å². The SMILES string of the molecule is O=C(O)CN1CC[C@]2(C[C@H](O)CCO2)C1. The molecule has 2 fully saturated rings. The van der Waals surface area contributed by atoms with E-state index in [0.717, 1.165) is 13.0 Å². The molecule has 5 nitrogen and oxygen atoms in total. The Hall–Kier alpha value is -0.650. The molecule has 86 valence electrons. The Kier molecular flexibility index (Phi) is 2.95. The molecule has 0 aromatic heterocycles. The monoisotopic (exact) mass is 215 g/mol. The van der Waals surface area contributed by atoms with Gasteiger partial charge in [0.25, 0.3) is 0 Å². The normalized spacial score (nSPS) is 37.3. The maximum absolute atomic E-state index is 10.6. The molecule has 15 heavy (non-hydrogen) atoms. The second-order valence-corrected chi connectivity index (χ2v) is 4.53. The predicted molar refractivity (Wildman–Crippen MR) is 52.6 cm³/mol. The molecule has 2 aliphatic rings. The van der Waals surface area contributed by atoms with Crippen LogP contribution in [0.15, 0.2) is 0 Å². The van der Waals surface area contributed by atoms with Gasteiger partial charge in [0.05, 0.1) is 18.2 Å². The maximum Gasteiger partial charge on any atom is 0.317 e. The number of carboxylic acids is 1. The van der Waals surface area contributed by atoms with Crippen LogP contribution < -0.4 is 0 Å². The van der Waals surface area contributed by atoms with E-state index in [1.807, 2.05) is 4.90 Å². The van der Waals surface area contributed by atoms with Gasteiger partial charge in [-0.15, -0.1) is 0 Å². The fourth-order valence-corrected chi connectivity index (χ4v) is 2.54. The van der Waals surface area contributed by atoms with Crippen molar-refractivity contribution in [1.29, 1.82) is 0 Å². The number of carbonyl (C=O) groups is 1. The topological polar surface area (TPSA) is 70.0 Å². The molecule has 2 saturated heterocycles. The molecule has 2 atom stereocenters. The Balaban J connectivity index is 1.92. The Morgan fingerprint density at radius 3 is 3.07 bits per heavy atom. The lowest BCUT2D eigenvalue weighted by Gasteiger charge is -2.36. The summed E-state index contributed by atoms with van der Waals surface area (Å²) in [4.78, 5) is 12.4. The molecule has 0 unspecified atom stereocenters. The summed E-state index contributed by atoms with van der Waals surface area (Å²) in [7, 11) is 0. The maximum atomic E-state index is 10.6. The van der Waals surface area contributed by atoms with Crippen LogP contribution in [0.4, 0.5) is 0 Å². The molecule has 0 radical (unpaired) electrons. The lowest BCUT2D eigenvalue weighted by atomic mass is 9.91. The number of carboxylic acid groups (broad SMARTS) is 1. The first-order valence-corrected chi connectivity index (χ1v) is 5.36. The van der Waals surface area contributed by atoms with Crippen LogP contribution in [0.5, 0.6) is 0 Å². The largest absolute Gasteiger partial charge is 0.480 e. The van der Waals surface area contributed by atoms with E-state index in [2.05, 4.69) is 0 Å². The summed E-state index contributed by atoms with van der Waals surface area (Å²) in [6.07, 6.45) is 1.88. The van der Waals surface area contributed by atoms with Gasteiger partial charge in [0, 0.05) is 26.1 Å². The molecule has 2 heterocycles. The molecular weight excluding hydrogens is 198 g/mol. The fraction of sp³-hybridized carbons (Fsp3) is 0.900. The summed E-state index contributed by atoms with van der Waals surface area (Å²) in [5.74, 6) is -0.802. The van der Waals surface area contributed by atoms with Crippen LogP contribution in [0.1, 0.15) is 19.3 Å². The van der Waals surface area contributed by atoms with E-state index < -0.39 is 5.97 Å². The zero-order valence-corrected chi connectivity index (χ0v) is 8.69. The third kappa shape index (κ3) is 2.48. The van der Waals surface area contributed by atoms with Crippen LogP contribution in [-0.4, -0.2) is 59.0 Å². The second-order valence-electron chi connectivity index (χ2n) is 4.53. The summed E-state index contributed by atoms with van der Waals surface area (Å²) in [5.41, 5.74) is -0.285. The molecule has 0 bridgehead atoms. The first-order chi connectivity index (χ1) is 7.10. The van der Waals surface area contributed by atoms with Crippen molar-refractivity contribution in [3.05, 3.63) is 0 Å². The van der Waals surface area contributed by atoms with Crippen LogP contribution >= 0.6 is 0 Å². The standard InChI is InChI=1S/C10H17NO4/c12-8-1-4-15-10(5-8)2-3-11(7-10)6-9(13)14/h8,12H,1-7H2,(H,13,14)/t8-,10+/m1/s1. The quantitative estimate of drug-likeness (QED) is 0.661. The van der Waals surface area contributed by atoms with Gasteiger partial charge < -0.3 is 14.9 Å². The zero-order valence-electron chi connectivity index (χ0n) is 8.69. The summed E-state index contributed by atoms with van der Waals surface area (Å²) < 4.78 is 5.71. The third-order valence-electron chi connectivity index (χ3n) is 3.22. The van der Waals surface area contributed by atoms with Crippen molar-refractivity contribution in [2.45, 2.75) is 31.0 Å². The van der Waals surface area contributed by atoms with Gasteiger partial charge in [-0.2, -0.15) is 0 Å². The van der Waals surface area contributed by atoms with E-state index in [9.17, 15) is 9.90 Å². The van der Waals surface area contributed by atoms with E-state index in [4.69, 9.17) is 9.84 Å². The highest BCUT2D eigenvalue weighted by Gasteiger charge is 2.43. The van der Waals surface area contributed by atoms with Crippen LogP contribution in [0.2, 0.25) is 0 Å². The smallest absolute Gasteiger partial charge is 0.317 e. The molecule has 2 rings (SSSR count). The Morgan fingerprint density at radius 1 is 1.60 bits per heavy atom. The number of aliphatic hydroxyl groups is 1. The number of aliphatic carboxylic acids is 1. The molecule has 0 aromatic rings. The van der Waals surface area contributed by atoms with Gasteiger partial charge in [-0.05, 0) is 12.8 Å². The average molecular weight is 215 g/mol. The summed E-state index contributed by atoms with van der Waals surface area (Å²) in [6, 6.07) is 0. The minimum atomic E-state index is -0.802. The number of ether oxygens (including phenoxy) is 1. The van der Waals surface area contributed by atoms with Crippen molar-refractivity contribution < 1.29 is 19.7 Å². The lowest BCUT2D eigenvalue weighted by molar-refractivity contribution is -0.139. The van der Waals surface area contributed by atoms with Gasteiger partial charge in [-0.3, -0.25) is 9.69 Å². The molecule has 1 spiro atoms. The first kappa shape index (κ1) is 10.9. The van der Waals surface area contributed by atoms with Gasteiger partial charge in [-0.25, -0.2) is 0 Å². The minimum absolute atomic E-state index is 0.0706. The number of hydrogen-bond donors (Lipinski definition) is 2. The molecule has 0 aromatic carbocycles. The van der Waals surface area contributed by atoms with E-state index >= 15 is 0 Å². The number of hydrogen-bond acceptors (Lipinski definition) is 4. The minimum Gasteiger partial charge on any atom is -0.480 e. The Bertz CT molecular complexity index is 258. The number of likely N-dealkylation sites (tertiary alicyclic amines) is 1. The van der Waals surface area contributed by atoms with Crippen molar-refractivity contribution in [1.82, 2.24) is 4.90 Å². The molecule has 2 aliphatic heterocycles. The van der Waals surface area contributed by atoms with Crippen LogP contribution in [0.3, 0.4) is 0 Å². The predicted octanol–water partition coefficient (Wildman–Crippen LogP) is -0.313. The number of aliphatic hydroxyl groups excluding tert-OH is 1. The lowest BCUT2D eigenvalue weighted by Crippen LogP contribution is -2.44. The summed E-state index contributed by atoms with van der Waals surface area (Å²) in [6.45, 7) is 2.04. The summed E-state index contributed by atoms with van der Waals surface area (Å²) >= 11 is 0. The Morgan fingerprint density at radius 2 is 2.40 bits per heavy atom. The van der Waals surface area contributed by atoms with E-state index in [0.29, 0.717) is 26.0 Å². The van der Waals surface area contributed by atoms with Crippen molar-refractivity contribution >= 4 is 5.97 Å². The van der Waals surface area contributed by atoms with Crippen molar-refractivity contribution in [2.24, 2.45) is 0 Å². The average Bonchev–Trinajstić information content (AvgIpc) is 2.47. The highest BCUT2D eigenvalue weighted by atomic mass is 16.5. The first-order valence-electron chi connectivity index (χ1n) is 5.36. The molecular formula is C10H17NO4. The van der Waals surface area contributed by atoms with Crippen molar-refractivity contribution in [3.8, 4) is 0 Å². The number of nitrogens with zero attached hydrogens (tertiary/aromatic N) is 1. The van der Waals surface area contributed by atoms with Crippen LogP contribution in [0.25, 0.3) is 0 Å². The fourth-order valence-electron chi connectivity index (χ4n) is 2.54. The van der Waals surface area contributed by atoms with E-state index in [1.54, 1.807) is 0 Å². The molecule has 0 aliphatic carbocycles. The molecule has 5 heteroatoms. The molecule has 2 N–H and O–H groups in total. The second kappa shape index (κ2) is 4.08. The van der Waals surface area contributed by atoms with Gasteiger partial charge in [0.1, 0.15) is 0 Å². The summed E-state index contributed by atoms with van der Waals surface area (Å²) in [5, 5.41) is 18.3. The zero-order chi connectivity index (χ0) is 10.9. The van der Waals surface area contributed by atoms with Crippen molar-refractivity contribution in [2.75, 3.05) is 26.2 Å². The highest BCUT2D eigenvalue weighted by molar-refractivity contribution is 5.69. The van der Waals surface area contributed by atoms with Gasteiger partial charge >= 0.3 is 5.97 Å². The van der Waals surface area contributed by atoms with E-state index in [1.165, 1.54) is 0 Å². The molecule has 0 amide bonds. The molecule has 0 saturated carbocycles. The van der Waals surface area contributed by atoms with Crippen molar-refractivity contribution in [3.63, 3.8) is 0 Å². The van der Waals surface area contributed by atoms with Gasteiger partial charge in [-0.1, -0.05) is 0 Å². The Labute approximate surface area is 88.6 Å². The van der Waals surface area contributed by atoms with Gasteiger partial charge in [0.2, 0.25) is 0 Å². The third-order valence-corrected chi connectivity index (χ3v) is 3.22. The highest BCUT2D eigenvalue weighted by Crippen LogP contribution is 2.33.